The lowest BCUT2D eigenvalue weighted by Gasteiger charge is -2.04. The molecule has 0 unspecified atom stereocenters. The number of aryl methyl sites for hydroxylation is 1. The lowest BCUT2D eigenvalue weighted by Crippen LogP contribution is -2.01. The molecule has 3 nitrogen and oxygen atoms in total. The van der Waals surface area contributed by atoms with E-state index in [-0.39, 0.29) is 0 Å². The first kappa shape index (κ1) is 9.19. The first-order chi connectivity index (χ1) is 6.72. The molecule has 2 aromatic heterocycles. The van der Waals surface area contributed by atoms with E-state index in [0.717, 1.165) is 17.8 Å². The minimum atomic E-state index is 0.463. The normalized spacial score (nSPS) is 11.4. The van der Waals surface area contributed by atoms with Crippen LogP contribution in [-0.4, -0.2) is 14.6 Å². The minimum Gasteiger partial charge on any atom is -0.235 e. The number of nitrogens with zero attached hydrogens (tertiary/aromatic N) is 3. The lowest BCUT2D eigenvalue weighted by atomic mass is 10.2. The molecule has 0 saturated heterocycles. The van der Waals surface area contributed by atoms with Crippen molar-refractivity contribution in [2.45, 2.75) is 33.1 Å². The van der Waals surface area contributed by atoms with Crippen molar-refractivity contribution in [3.05, 3.63) is 29.7 Å². The fourth-order valence-electron chi connectivity index (χ4n) is 1.51. The van der Waals surface area contributed by atoms with Crippen LogP contribution in [0.4, 0.5) is 0 Å². The quantitative estimate of drug-likeness (QED) is 0.726. The number of hydrogen-bond acceptors (Lipinski definition) is 2. The second kappa shape index (κ2) is 3.40. The van der Waals surface area contributed by atoms with Crippen molar-refractivity contribution in [1.29, 1.82) is 0 Å². The summed E-state index contributed by atoms with van der Waals surface area (Å²) in [5, 5.41) is 4.53. The van der Waals surface area contributed by atoms with Gasteiger partial charge in [-0.15, -0.1) is 0 Å². The summed E-state index contributed by atoms with van der Waals surface area (Å²) in [5.74, 6) is 0.463. The molecule has 0 aliphatic carbocycles. The number of imidazole rings is 1. The predicted molar refractivity (Wildman–Crippen MR) is 56.5 cm³/mol. The van der Waals surface area contributed by atoms with Gasteiger partial charge in [0.2, 0.25) is 0 Å². The summed E-state index contributed by atoms with van der Waals surface area (Å²) in [7, 11) is 0. The Hall–Kier alpha value is -1.38. The highest BCUT2D eigenvalue weighted by atomic mass is 15.3. The maximum atomic E-state index is 4.53. The van der Waals surface area contributed by atoms with Crippen LogP contribution in [0.2, 0.25) is 0 Å². The average Bonchev–Trinajstić information content (AvgIpc) is 2.59. The maximum Gasteiger partial charge on any atom is 0.153 e. The Morgan fingerprint density at radius 2 is 2.14 bits per heavy atom. The Morgan fingerprint density at radius 1 is 1.36 bits per heavy atom. The molecule has 0 aliphatic heterocycles. The third-order valence-electron chi connectivity index (χ3n) is 2.40. The van der Waals surface area contributed by atoms with Crippen molar-refractivity contribution in [2.24, 2.45) is 0 Å². The molecule has 0 spiro atoms. The van der Waals surface area contributed by atoms with Crippen LogP contribution in [0.3, 0.4) is 0 Å². The number of hydrogen-bond donors (Lipinski definition) is 0. The molecule has 3 heteroatoms. The molecule has 0 saturated carbocycles. The van der Waals surface area contributed by atoms with Gasteiger partial charge in [-0.2, -0.15) is 5.10 Å². The van der Waals surface area contributed by atoms with Crippen molar-refractivity contribution in [3.63, 3.8) is 0 Å². The fourth-order valence-corrected chi connectivity index (χ4v) is 1.51. The SMILES string of the molecule is CCc1ccc2ncc(C(C)C)n2n1. The Kier molecular flexibility index (Phi) is 2.23. The van der Waals surface area contributed by atoms with Gasteiger partial charge in [0.25, 0.3) is 0 Å². The smallest absolute Gasteiger partial charge is 0.153 e. The van der Waals surface area contributed by atoms with E-state index in [1.165, 1.54) is 5.69 Å². The van der Waals surface area contributed by atoms with Crippen LogP contribution in [0.25, 0.3) is 5.65 Å². The Morgan fingerprint density at radius 3 is 2.79 bits per heavy atom. The summed E-state index contributed by atoms with van der Waals surface area (Å²) >= 11 is 0. The molecule has 0 radical (unpaired) electrons. The standard InChI is InChI=1S/C11H15N3/c1-4-9-5-6-11-12-7-10(8(2)3)14(11)13-9/h5-8H,4H2,1-3H3. The minimum absolute atomic E-state index is 0.463. The summed E-state index contributed by atoms with van der Waals surface area (Å²) in [5.41, 5.74) is 3.22. The van der Waals surface area contributed by atoms with Gasteiger partial charge in [-0.1, -0.05) is 20.8 Å². The van der Waals surface area contributed by atoms with Crippen molar-refractivity contribution in [1.82, 2.24) is 14.6 Å². The molecular weight excluding hydrogens is 174 g/mol. The van der Waals surface area contributed by atoms with E-state index in [9.17, 15) is 0 Å². The summed E-state index contributed by atoms with van der Waals surface area (Å²) in [6.07, 6.45) is 2.87. The maximum absolute atomic E-state index is 4.53. The molecule has 0 aromatic carbocycles. The van der Waals surface area contributed by atoms with Gasteiger partial charge in [-0.3, -0.25) is 0 Å². The van der Waals surface area contributed by atoms with Crippen molar-refractivity contribution in [3.8, 4) is 0 Å². The molecular formula is C11H15N3. The van der Waals surface area contributed by atoms with Gasteiger partial charge in [-0.25, -0.2) is 9.50 Å². The molecule has 74 valence electrons. The Balaban J connectivity index is 2.63. The van der Waals surface area contributed by atoms with Crippen LogP contribution < -0.4 is 0 Å². The van der Waals surface area contributed by atoms with Gasteiger partial charge in [0, 0.05) is 0 Å². The van der Waals surface area contributed by atoms with Gasteiger partial charge in [-0.05, 0) is 24.5 Å². The molecule has 0 fully saturated rings. The van der Waals surface area contributed by atoms with E-state index in [2.05, 4.69) is 30.9 Å². The van der Waals surface area contributed by atoms with Crippen molar-refractivity contribution >= 4 is 5.65 Å². The van der Waals surface area contributed by atoms with Crippen LogP contribution in [0.15, 0.2) is 18.3 Å². The molecule has 2 aromatic rings. The van der Waals surface area contributed by atoms with Gasteiger partial charge in [0.15, 0.2) is 5.65 Å². The summed E-state index contributed by atoms with van der Waals surface area (Å²) in [4.78, 5) is 4.32. The largest absolute Gasteiger partial charge is 0.235 e. The van der Waals surface area contributed by atoms with Crippen LogP contribution in [0, 0.1) is 0 Å². The van der Waals surface area contributed by atoms with Gasteiger partial charge in [0.05, 0.1) is 17.6 Å². The second-order valence-electron chi connectivity index (χ2n) is 3.79. The van der Waals surface area contributed by atoms with Crippen LogP contribution in [-0.2, 0) is 6.42 Å². The Labute approximate surface area is 83.8 Å². The topological polar surface area (TPSA) is 30.2 Å². The highest BCUT2D eigenvalue weighted by Gasteiger charge is 2.07. The van der Waals surface area contributed by atoms with E-state index in [1.54, 1.807) is 0 Å². The Bertz CT molecular complexity index is 443. The van der Waals surface area contributed by atoms with Gasteiger partial charge < -0.3 is 0 Å². The zero-order valence-corrected chi connectivity index (χ0v) is 8.86. The van der Waals surface area contributed by atoms with Gasteiger partial charge >= 0.3 is 0 Å². The van der Waals surface area contributed by atoms with E-state index in [4.69, 9.17) is 0 Å². The van der Waals surface area contributed by atoms with Crippen LogP contribution in [0.1, 0.15) is 38.1 Å². The molecule has 0 amide bonds. The highest BCUT2D eigenvalue weighted by Crippen LogP contribution is 2.15. The molecule has 2 rings (SSSR count). The highest BCUT2D eigenvalue weighted by molar-refractivity contribution is 5.39. The molecule has 0 aliphatic rings. The molecule has 0 atom stereocenters. The zero-order chi connectivity index (χ0) is 10.1. The average molecular weight is 189 g/mol. The summed E-state index contributed by atoms with van der Waals surface area (Å²) < 4.78 is 1.95. The summed E-state index contributed by atoms with van der Waals surface area (Å²) in [6, 6.07) is 4.06. The summed E-state index contributed by atoms with van der Waals surface area (Å²) in [6.45, 7) is 6.42. The van der Waals surface area contributed by atoms with E-state index >= 15 is 0 Å². The number of fused-ring (bicyclic) bond motifs is 1. The van der Waals surface area contributed by atoms with E-state index in [0.29, 0.717) is 5.92 Å². The van der Waals surface area contributed by atoms with E-state index in [1.807, 2.05) is 22.8 Å². The first-order valence-electron chi connectivity index (χ1n) is 5.06. The van der Waals surface area contributed by atoms with Gasteiger partial charge in [0.1, 0.15) is 0 Å². The fraction of sp³-hybridized carbons (Fsp3) is 0.455. The number of aromatic nitrogens is 3. The third-order valence-corrected chi connectivity index (χ3v) is 2.40. The van der Waals surface area contributed by atoms with Crippen molar-refractivity contribution < 1.29 is 0 Å². The predicted octanol–water partition coefficient (Wildman–Crippen LogP) is 2.42. The second-order valence-corrected chi connectivity index (χ2v) is 3.79. The zero-order valence-electron chi connectivity index (χ0n) is 8.86. The monoisotopic (exact) mass is 189 g/mol. The van der Waals surface area contributed by atoms with E-state index < -0.39 is 0 Å². The molecule has 0 N–H and O–H groups in total. The molecule has 2 heterocycles. The first-order valence-corrected chi connectivity index (χ1v) is 5.06. The third kappa shape index (κ3) is 1.39. The van der Waals surface area contributed by atoms with Crippen LogP contribution in [0.5, 0.6) is 0 Å². The molecule has 14 heavy (non-hydrogen) atoms. The van der Waals surface area contributed by atoms with Crippen molar-refractivity contribution in [2.75, 3.05) is 0 Å². The number of rotatable bonds is 2. The molecule has 0 bridgehead atoms. The lowest BCUT2D eigenvalue weighted by molar-refractivity contribution is 0.742. The van der Waals surface area contributed by atoms with Crippen LogP contribution >= 0.6 is 0 Å².